The van der Waals surface area contributed by atoms with E-state index in [-0.39, 0.29) is 23.9 Å². The molecule has 5 nitrogen and oxygen atoms in total. The monoisotopic (exact) mass is 338 g/mol. The summed E-state index contributed by atoms with van der Waals surface area (Å²) >= 11 is 0. The van der Waals surface area contributed by atoms with Gasteiger partial charge in [0.25, 0.3) is 11.8 Å². The minimum Gasteiger partial charge on any atom is -0.495 e. The quantitative estimate of drug-likeness (QED) is 0.865. The van der Waals surface area contributed by atoms with E-state index in [1.165, 1.54) is 4.90 Å². The molecule has 0 aromatic heterocycles. The van der Waals surface area contributed by atoms with E-state index in [4.69, 9.17) is 4.74 Å². The molecule has 2 amide bonds. The third-order valence-corrected chi connectivity index (χ3v) is 4.37. The number of fused-ring (bicyclic) bond motifs is 1. The Bertz CT molecular complexity index is 802. The van der Waals surface area contributed by atoms with Crippen molar-refractivity contribution in [2.45, 2.75) is 26.2 Å². The lowest BCUT2D eigenvalue weighted by Crippen LogP contribution is -2.34. The number of hydrogen-bond acceptors (Lipinski definition) is 4. The Hall–Kier alpha value is -2.82. The van der Waals surface area contributed by atoms with Crippen molar-refractivity contribution in [1.82, 2.24) is 4.90 Å². The molecule has 1 aliphatic rings. The molecular weight excluding hydrogens is 316 g/mol. The lowest BCUT2D eigenvalue weighted by atomic mass is 9.87. The van der Waals surface area contributed by atoms with E-state index < -0.39 is 0 Å². The predicted octanol–water partition coefficient (Wildman–Crippen LogP) is 3.66. The Morgan fingerprint density at radius 1 is 1.00 bits per heavy atom. The molecule has 130 valence electrons. The van der Waals surface area contributed by atoms with E-state index in [0.717, 1.165) is 11.3 Å². The van der Waals surface area contributed by atoms with Crippen molar-refractivity contribution < 1.29 is 14.3 Å². The minimum atomic E-state index is -0.279. The Morgan fingerprint density at radius 3 is 2.12 bits per heavy atom. The summed E-state index contributed by atoms with van der Waals surface area (Å²) in [5, 5.41) is 3.17. The summed E-state index contributed by atoms with van der Waals surface area (Å²) in [7, 11) is 1.60. The number of ether oxygens (including phenoxy) is 1. The topological polar surface area (TPSA) is 58.6 Å². The molecule has 0 radical (unpaired) electrons. The Labute approximate surface area is 147 Å². The molecular formula is C20H22N2O3. The minimum absolute atomic E-state index is 0.0157. The van der Waals surface area contributed by atoms with Crippen LogP contribution in [-0.4, -0.2) is 30.5 Å². The molecule has 0 bridgehead atoms. The van der Waals surface area contributed by atoms with Gasteiger partial charge in [-0.2, -0.15) is 0 Å². The molecule has 5 heteroatoms. The van der Waals surface area contributed by atoms with Gasteiger partial charge in [-0.05, 0) is 35.2 Å². The van der Waals surface area contributed by atoms with Crippen LogP contribution in [0.25, 0.3) is 0 Å². The first-order chi connectivity index (χ1) is 11.8. The van der Waals surface area contributed by atoms with Gasteiger partial charge >= 0.3 is 0 Å². The second-order valence-corrected chi connectivity index (χ2v) is 7.08. The summed E-state index contributed by atoms with van der Waals surface area (Å²) in [4.78, 5) is 26.1. The lowest BCUT2D eigenvalue weighted by molar-refractivity contribution is 0.0665. The maximum atomic E-state index is 12.4. The van der Waals surface area contributed by atoms with Crippen LogP contribution in [0.15, 0.2) is 42.5 Å². The number of nitrogens with zero attached hydrogens (tertiary/aromatic N) is 1. The number of nitrogens with one attached hydrogen (secondary N) is 1. The Kier molecular flexibility index (Phi) is 4.25. The van der Waals surface area contributed by atoms with Crippen LogP contribution in [0.3, 0.4) is 0 Å². The normalized spacial score (nSPS) is 13.8. The summed E-state index contributed by atoms with van der Waals surface area (Å²) in [5.74, 6) is 0.114. The standard InChI is InChI=1S/C20H22N2O3/c1-20(2,3)13-9-10-17(25-4)16(11-13)21-12-22-18(23)14-7-5-6-8-15(14)19(22)24/h5-11,21H,12H2,1-4H3. The lowest BCUT2D eigenvalue weighted by Gasteiger charge is -2.22. The molecule has 25 heavy (non-hydrogen) atoms. The molecule has 0 spiro atoms. The van der Waals surface area contributed by atoms with Gasteiger partial charge in [-0.15, -0.1) is 0 Å². The number of hydrogen-bond donors (Lipinski definition) is 1. The van der Waals surface area contributed by atoms with Gasteiger partial charge in [-0.3, -0.25) is 14.5 Å². The number of rotatable bonds is 4. The average Bonchev–Trinajstić information content (AvgIpc) is 2.83. The summed E-state index contributed by atoms with van der Waals surface area (Å²) < 4.78 is 5.39. The van der Waals surface area contributed by atoms with Gasteiger partial charge in [0.2, 0.25) is 0 Å². The first-order valence-corrected chi connectivity index (χ1v) is 8.20. The zero-order valence-corrected chi connectivity index (χ0v) is 14.9. The molecule has 1 N–H and O–H groups in total. The summed E-state index contributed by atoms with van der Waals surface area (Å²) in [6.07, 6.45) is 0. The van der Waals surface area contributed by atoms with Gasteiger partial charge in [0.05, 0.1) is 30.6 Å². The number of imide groups is 1. The third-order valence-electron chi connectivity index (χ3n) is 4.37. The Balaban J connectivity index is 1.83. The van der Waals surface area contributed by atoms with Gasteiger partial charge in [-0.1, -0.05) is 39.0 Å². The van der Waals surface area contributed by atoms with Crippen LogP contribution in [-0.2, 0) is 5.41 Å². The summed E-state index contributed by atoms with van der Waals surface area (Å²) in [6.45, 7) is 6.48. The van der Waals surface area contributed by atoms with Gasteiger partial charge in [0.1, 0.15) is 5.75 Å². The fourth-order valence-corrected chi connectivity index (χ4v) is 2.86. The van der Waals surface area contributed by atoms with E-state index in [1.807, 2.05) is 18.2 Å². The number of anilines is 1. The van der Waals surface area contributed by atoms with Crippen LogP contribution in [0, 0.1) is 0 Å². The van der Waals surface area contributed by atoms with Gasteiger partial charge in [0, 0.05) is 0 Å². The van der Waals surface area contributed by atoms with E-state index in [0.29, 0.717) is 16.9 Å². The van der Waals surface area contributed by atoms with Crippen molar-refractivity contribution in [3.8, 4) is 5.75 Å². The van der Waals surface area contributed by atoms with E-state index in [2.05, 4.69) is 26.1 Å². The second kappa shape index (κ2) is 6.24. The number of carbonyl (C=O) groups is 2. The maximum Gasteiger partial charge on any atom is 0.263 e. The fraction of sp³-hybridized carbons (Fsp3) is 0.300. The smallest absolute Gasteiger partial charge is 0.263 e. The zero-order valence-electron chi connectivity index (χ0n) is 14.9. The SMILES string of the molecule is COc1ccc(C(C)(C)C)cc1NCN1C(=O)c2ccccc2C1=O. The van der Waals surface area contributed by atoms with Gasteiger partial charge in [-0.25, -0.2) is 0 Å². The Morgan fingerprint density at radius 2 is 1.60 bits per heavy atom. The van der Waals surface area contributed by atoms with Crippen molar-refractivity contribution in [2.24, 2.45) is 0 Å². The molecule has 0 saturated heterocycles. The molecule has 3 rings (SSSR count). The van der Waals surface area contributed by atoms with Gasteiger partial charge in [0.15, 0.2) is 0 Å². The zero-order chi connectivity index (χ0) is 18.2. The van der Waals surface area contributed by atoms with Crippen molar-refractivity contribution in [1.29, 1.82) is 0 Å². The predicted molar refractivity (Wildman–Crippen MR) is 97.1 cm³/mol. The van der Waals surface area contributed by atoms with Crippen LogP contribution in [0.5, 0.6) is 5.75 Å². The number of benzene rings is 2. The maximum absolute atomic E-state index is 12.4. The molecule has 0 aliphatic carbocycles. The first kappa shape index (κ1) is 17.0. The van der Waals surface area contributed by atoms with E-state index in [1.54, 1.807) is 31.4 Å². The third kappa shape index (κ3) is 3.09. The average molecular weight is 338 g/mol. The molecule has 0 saturated carbocycles. The van der Waals surface area contributed by atoms with Crippen LogP contribution >= 0.6 is 0 Å². The second-order valence-electron chi connectivity index (χ2n) is 7.08. The molecule has 0 unspecified atom stereocenters. The number of methoxy groups -OCH3 is 1. The molecule has 0 fully saturated rings. The highest BCUT2D eigenvalue weighted by Gasteiger charge is 2.34. The molecule has 0 atom stereocenters. The fourth-order valence-electron chi connectivity index (χ4n) is 2.86. The summed E-state index contributed by atoms with van der Waals surface area (Å²) in [5.41, 5.74) is 2.78. The first-order valence-electron chi connectivity index (χ1n) is 8.20. The van der Waals surface area contributed by atoms with Crippen LogP contribution < -0.4 is 10.1 Å². The molecule has 2 aromatic carbocycles. The van der Waals surface area contributed by atoms with Crippen LogP contribution in [0.1, 0.15) is 47.1 Å². The van der Waals surface area contributed by atoms with Crippen molar-refractivity contribution in [3.05, 3.63) is 59.2 Å². The van der Waals surface area contributed by atoms with Crippen LogP contribution in [0.2, 0.25) is 0 Å². The molecule has 1 heterocycles. The highest BCUT2D eigenvalue weighted by Crippen LogP contribution is 2.32. The van der Waals surface area contributed by atoms with Gasteiger partial charge < -0.3 is 10.1 Å². The van der Waals surface area contributed by atoms with Crippen LogP contribution in [0.4, 0.5) is 5.69 Å². The summed E-state index contributed by atoms with van der Waals surface area (Å²) in [6, 6.07) is 12.8. The largest absolute Gasteiger partial charge is 0.495 e. The molecule has 2 aromatic rings. The number of carbonyl (C=O) groups excluding carboxylic acids is 2. The molecule has 1 aliphatic heterocycles. The van der Waals surface area contributed by atoms with Crippen molar-refractivity contribution in [2.75, 3.05) is 19.1 Å². The highest BCUT2D eigenvalue weighted by atomic mass is 16.5. The highest BCUT2D eigenvalue weighted by molar-refractivity contribution is 6.21. The van der Waals surface area contributed by atoms with Crippen molar-refractivity contribution in [3.63, 3.8) is 0 Å². The van der Waals surface area contributed by atoms with E-state index >= 15 is 0 Å². The van der Waals surface area contributed by atoms with Crippen molar-refractivity contribution >= 4 is 17.5 Å². The van der Waals surface area contributed by atoms with E-state index in [9.17, 15) is 9.59 Å². The number of amides is 2.